The predicted octanol–water partition coefficient (Wildman–Crippen LogP) is 4.76. The fraction of sp³-hybridized carbons (Fsp3) is 0.261. The number of ether oxygens (including phenoxy) is 1. The van der Waals surface area contributed by atoms with Crippen molar-refractivity contribution < 1.29 is 4.74 Å². The van der Waals surface area contributed by atoms with Gasteiger partial charge in [0.1, 0.15) is 28.9 Å². The maximum atomic E-state index is 9.12. The standard InChI is InChI=1S/C23H21N5O/c24-12-17-10-20-21-11-19(13-26-23(21)27-22(20)14-25-17)29-18-6-4-16(5-7-18)15-28-8-2-1-3-9-28/h4-7,10-11,13-14H,1-3,8-9,15H2,(H,26,27). The third kappa shape index (κ3) is 3.65. The number of H-pyrrole nitrogens is 1. The van der Waals surface area contributed by atoms with Crippen LogP contribution in [0.4, 0.5) is 0 Å². The average molecular weight is 383 g/mol. The first-order chi connectivity index (χ1) is 14.3. The molecular formula is C23H21N5O. The van der Waals surface area contributed by atoms with E-state index in [1.54, 1.807) is 18.5 Å². The van der Waals surface area contributed by atoms with Gasteiger partial charge in [-0.15, -0.1) is 0 Å². The van der Waals surface area contributed by atoms with Crippen LogP contribution in [0.15, 0.2) is 48.8 Å². The molecule has 0 spiro atoms. The highest BCUT2D eigenvalue weighted by molar-refractivity contribution is 6.06. The Bertz CT molecular complexity index is 1200. The van der Waals surface area contributed by atoms with Gasteiger partial charge in [0, 0.05) is 17.3 Å². The summed E-state index contributed by atoms with van der Waals surface area (Å²) in [6, 6.07) is 14.1. The molecule has 0 saturated carbocycles. The average Bonchev–Trinajstić information content (AvgIpc) is 3.13. The zero-order valence-electron chi connectivity index (χ0n) is 16.1. The van der Waals surface area contributed by atoms with Crippen LogP contribution in [0.25, 0.3) is 21.9 Å². The maximum Gasteiger partial charge on any atom is 0.146 e. The largest absolute Gasteiger partial charge is 0.456 e. The Morgan fingerprint density at radius 1 is 0.966 bits per heavy atom. The number of benzene rings is 1. The zero-order chi connectivity index (χ0) is 19.6. The topological polar surface area (TPSA) is 77.8 Å². The second kappa shape index (κ2) is 7.53. The minimum absolute atomic E-state index is 0.383. The van der Waals surface area contributed by atoms with Gasteiger partial charge in [-0.1, -0.05) is 18.6 Å². The van der Waals surface area contributed by atoms with Crippen molar-refractivity contribution in [3.63, 3.8) is 0 Å². The fourth-order valence-corrected chi connectivity index (χ4v) is 3.95. The lowest BCUT2D eigenvalue weighted by atomic mass is 10.1. The van der Waals surface area contributed by atoms with Gasteiger partial charge in [0.05, 0.1) is 17.9 Å². The minimum atomic E-state index is 0.383. The lowest BCUT2D eigenvalue weighted by molar-refractivity contribution is 0.221. The van der Waals surface area contributed by atoms with Gasteiger partial charge in [-0.3, -0.25) is 4.90 Å². The number of fused-ring (bicyclic) bond motifs is 3. The van der Waals surface area contributed by atoms with Crippen LogP contribution in [-0.2, 0) is 6.54 Å². The Morgan fingerprint density at radius 2 is 1.79 bits per heavy atom. The van der Waals surface area contributed by atoms with Gasteiger partial charge < -0.3 is 9.72 Å². The molecule has 1 N–H and O–H groups in total. The molecule has 0 radical (unpaired) electrons. The van der Waals surface area contributed by atoms with Gasteiger partial charge in [0.25, 0.3) is 0 Å². The Morgan fingerprint density at radius 3 is 2.59 bits per heavy atom. The summed E-state index contributed by atoms with van der Waals surface area (Å²) in [6.45, 7) is 3.38. The number of nitriles is 1. The smallest absolute Gasteiger partial charge is 0.146 e. The molecule has 6 nitrogen and oxygen atoms in total. The van der Waals surface area contributed by atoms with Gasteiger partial charge >= 0.3 is 0 Å². The lowest BCUT2D eigenvalue weighted by Crippen LogP contribution is -2.28. The Kier molecular flexibility index (Phi) is 4.59. The molecule has 0 atom stereocenters. The highest BCUT2D eigenvalue weighted by Gasteiger charge is 2.11. The molecule has 0 unspecified atom stereocenters. The lowest BCUT2D eigenvalue weighted by Gasteiger charge is -2.26. The molecule has 1 saturated heterocycles. The number of aromatic nitrogens is 3. The number of nitrogens with one attached hydrogen (secondary N) is 1. The first kappa shape index (κ1) is 17.7. The molecule has 1 aliphatic heterocycles. The SMILES string of the molecule is N#Cc1cc2c(cn1)[nH]c1ncc(Oc3ccc(CN4CCCCC4)cc3)cc12. The normalized spacial score (nSPS) is 14.9. The van der Waals surface area contributed by atoms with Gasteiger partial charge in [-0.05, 0) is 55.8 Å². The summed E-state index contributed by atoms with van der Waals surface area (Å²) in [5.74, 6) is 1.45. The summed E-state index contributed by atoms with van der Waals surface area (Å²) < 4.78 is 6.04. The number of hydrogen-bond donors (Lipinski definition) is 1. The van der Waals surface area contributed by atoms with Crippen LogP contribution in [-0.4, -0.2) is 32.9 Å². The van der Waals surface area contributed by atoms with Crippen molar-refractivity contribution in [2.75, 3.05) is 13.1 Å². The van der Waals surface area contributed by atoms with E-state index in [0.29, 0.717) is 11.4 Å². The molecule has 6 heteroatoms. The number of nitrogens with zero attached hydrogens (tertiary/aromatic N) is 4. The first-order valence-corrected chi connectivity index (χ1v) is 9.95. The Labute approximate surface area is 168 Å². The van der Waals surface area contributed by atoms with E-state index in [1.165, 1.54) is 37.9 Å². The van der Waals surface area contributed by atoms with Crippen molar-refractivity contribution in [1.29, 1.82) is 5.26 Å². The number of hydrogen-bond acceptors (Lipinski definition) is 5. The van der Waals surface area contributed by atoms with Crippen LogP contribution in [0.2, 0.25) is 0 Å². The molecule has 0 bridgehead atoms. The third-order valence-electron chi connectivity index (χ3n) is 5.44. The predicted molar refractivity (Wildman–Crippen MR) is 112 cm³/mol. The van der Waals surface area contributed by atoms with Crippen LogP contribution in [0.1, 0.15) is 30.5 Å². The molecule has 0 aliphatic carbocycles. The monoisotopic (exact) mass is 383 g/mol. The van der Waals surface area contributed by atoms with Crippen molar-refractivity contribution in [2.45, 2.75) is 25.8 Å². The highest BCUT2D eigenvalue weighted by atomic mass is 16.5. The van der Waals surface area contributed by atoms with E-state index >= 15 is 0 Å². The number of rotatable bonds is 4. The van der Waals surface area contributed by atoms with Crippen LogP contribution in [0.5, 0.6) is 11.5 Å². The van der Waals surface area contributed by atoms with Crippen molar-refractivity contribution in [2.24, 2.45) is 0 Å². The minimum Gasteiger partial charge on any atom is -0.456 e. The molecule has 144 valence electrons. The van der Waals surface area contributed by atoms with Crippen molar-refractivity contribution in [3.05, 3.63) is 60.0 Å². The van der Waals surface area contributed by atoms with E-state index in [4.69, 9.17) is 10.00 Å². The molecule has 0 amide bonds. The van der Waals surface area contributed by atoms with Crippen LogP contribution in [0.3, 0.4) is 0 Å². The molecule has 1 aromatic carbocycles. The fourth-order valence-electron chi connectivity index (χ4n) is 3.95. The van der Waals surface area contributed by atoms with E-state index in [-0.39, 0.29) is 0 Å². The summed E-state index contributed by atoms with van der Waals surface area (Å²) >= 11 is 0. The molecule has 29 heavy (non-hydrogen) atoms. The molecule has 1 fully saturated rings. The molecule has 3 aromatic heterocycles. The molecule has 5 rings (SSSR count). The zero-order valence-corrected chi connectivity index (χ0v) is 16.1. The summed E-state index contributed by atoms with van der Waals surface area (Å²) in [4.78, 5) is 14.3. The second-order valence-electron chi connectivity index (χ2n) is 7.50. The quantitative estimate of drug-likeness (QED) is 0.550. The maximum absolute atomic E-state index is 9.12. The summed E-state index contributed by atoms with van der Waals surface area (Å²) in [7, 11) is 0. The first-order valence-electron chi connectivity index (χ1n) is 9.95. The Balaban J connectivity index is 1.36. The molecule has 1 aliphatic rings. The van der Waals surface area contributed by atoms with Gasteiger partial charge in [-0.2, -0.15) is 5.26 Å². The van der Waals surface area contributed by atoms with E-state index in [0.717, 1.165) is 34.2 Å². The van der Waals surface area contributed by atoms with Gasteiger partial charge in [-0.25, -0.2) is 9.97 Å². The highest BCUT2D eigenvalue weighted by Crippen LogP contribution is 2.29. The van der Waals surface area contributed by atoms with Crippen LogP contribution in [0, 0.1) is 11.3 Å². The second-order valence-corrected chi connectivity index (χ2v) is 7.50. The summed E-state index contributed by atoms with van der Waals surface area (Å²) in [5.41, 5.74) is 3.29. The van der Waals surface area contributed by atoms with Crippen LogP contribution >= 0.6 is 0 Å². The third-order valence-corrected chi connectivity index (χ3v) is 5.44. The van der Waals surface area contributed by atoms with E-state index < -0.39 is 0 Å². The van der Waals surface area contributed by atoms with Gasteiger partial charge in [0.2, 0.25) is 0 Å². The van der Waals surface area contributed by atoms with E-state index in [1.807, 2.05) is 18.2 Å². The van der Waals surface area contributed by atoms with Gasteiger partial charge in [0.15, 0.2) is 0 Å². The van der Waals surface area contributed by atoms with Crippen molar-refractivity contribution in [3.8, 4) is 17.6 Å². The van der Waals surface area contributed by atoms with Crippen LogP contribution < -0.4 is 4.74 Å². The van der Waals surface area contributed by atoms with Crippen molar-refractivity contribution >= 4 is 21.9 Å². The Hall–Kier alpha value is -3.43. The van der Waals surface area contributed by atoms with E-state index in [2.05, 4.69) is 38.1 Å². The number of likely N-dealkylation sites (tertiary alicyclic amines) is 1. The summed E-state index contributed by atoms with van der Waals surface area (Å²) in [5, 5.41) is 10.9. The number of pyridine rings is 2. The number of aromatic amines is 1. The number of piperidine rings is 1. The van der Waals surface area contributed by atoms with Crippen molar-refractivity contribution in [1.82, 2.24) is 19.9 Å². The molecule has 4 heterocycles. The van der Waals surface area contributed by atoms with E-state index in [9.17, 15) is 0 Å². The summed E-state index contributed by atoms with van der Waals surface area (Å²) in [6.07, 6.45) is 7.33. The molecular weight excluding hydrogens is 362 g/mol. The molecule has 4 aromatic rings.